The van der Waals surface area contributed by atoms with Crippen LogP contribution in [-0.4, -0.2) is 15.0 Å². The first-order chi connectivity index (χ1) is 8.38. The fourth-order valence-electron chi connectivity index (χ4n) is 1.55. The Morgan fingerprint density at radius 3 is 2.76 bits per heavy atom. The smallest absolute Gasteiger partial charge is 0.231 e. The summed E-state index contributed by atoms with van der Waals surface area (Å²) in [6.45, 7) is 0. The molecule has 0 aromatic carbocycles. The van der Waals surface area contributed by atoms with Gasteiger partial charge in [0.1, 0.15) is 6.07 Å². The summed E-state index contributed by atoms with van der Waals surface area (Å²) in [5.74, 6) is 0.364. The first-order valence-corrected chi connectivity index (χ1v) is 4.95. The minimum Gasteiger partial charge on any atom is -0.434 e. The third-order valence-electron chi connectivity index (χ3n) is 2.31. The SMILES string of the molecule is N#Cc1ncccc1-c1nc2ncccc2o1. The third-order valence-corrected chi connectivity index (χ3v) is 2.31. The fraction of sp³-hybridized carbons (Fsp3) is 0. The molecule has 0 amide bonds. The topological polar surface area (TPSA) is 75.6 Å². The van der Waals surface area contributed by atoms with Crippen LogP contribution in [0.5, 0.6) is 0 Å². The van der Waals surface area contributed by atoms with Gasteiger partial charge in [0.05, 0.1) is 5.56 Å². The van der Waals surface area contributed by atoms with E-state index in [0.717, 1.165) is 0 Å². The largest absolute Gasteiger partial charge is 0.434 e. The molecule has 0 atom stereocenters. The molecular formula is C12H6N4O. The van der Waals surface area contributed by atoms with E-state index in [1.807, 2.05) is 6.07 Å². The predicted octanol–water partition coefficient (Wildman–Crippen LogP) is 2.16. The van der Waals surface area contributed by atoms with Gasteiger partial charge in [-0.05, 0) is 24.3 Å². The molecule has 0 aliphatic carbocycles. The van der Waals surface area contributed by atoms with E-state index in [1.165, 1.54) is 0 Å². The Bertz CT molecular complexity index is 693. The Balaban J connectivity index is 2.25. The molecule has 0 saturated carbocycles. The van der Waals surface area contributed by atoms with Crippen molar-refractivity contribution in [2.45, 2.75) is 0 Å². The molecule has 80 valence electrons. The van der Waals surface area contributed by atoms with Gasteiger partial charge in [0, 0.05) is 12.4 Å². The second-order valence-electron chi connectivity index (χ2n) is 3.36. The molecular weight excluding hydrogens is 216 g/mol. The van der Waals surface area contributed by atoms with Crippen LogP contribution in [0.15, 0.2) is 41.1 Å². The van der Waals surface area contributed by atoms with Crippen molar-refractivity contribution in [2.24, 2.45) is 0 Å². The molecule has 0 aliphatic rings. The summed E-state index contributed by atoms with van der Waals surface area (Å²) in [6.07, 6.45) is 3.20. The van der Waals surface area contributed by atoms with Crippen LogP contribution in [0, 0.1) is 11.3 Å². The Morgan fingerprint density at radius 2 is 1.94 bits per heavy atom. The quantitative estimate of drug-likeness (QED) is 0.630. The Morgan fingerprint density at radius 1 is 1.12 bits per heavy atom. The maximum absolute atomic E-state index is 8.96. The standard InChI is InChI=1S/C12H6N4O/c13-7-9-8(3-1-5-14-9)12-16-11-10(17-12)4-2-6-15-11/h1-6H. The lowest BCUT2D eigenvalue weighted by Gasteiger charge is -1.95. The Hall–Kier alpha value is -2.74. The van der Waals surface area contributed by atoms with E-state index >= 15 is 0 Å². The lowest BCUT2D eigenvalue weighted by atomic mass is 10.2. The summed E-state index contributed by atoms with van der Waals surface area (Å²) in [5.41, 5.74) is 1.98. The molecule has 0 bridgehead atoms. The van der Waals surface area contributed by atoms with Gasteiger partial charge in [-0.25, -0.2) is 9.97 Å². The van der Waals surface area contributed by atoms with Crippen LogP contribution in [0.1, 0.15) is 5.69 Å². The molecule has 0 radical (unpaired) electrons. The normalized spacial score (nSPS) is 10.3. The fourth-order valence-corrected chi connectivity index (χ4v) is 1.55. The van der Waals surface area contributed by atoms with Crippen molar-refractivity contribution >= 4 is 11.2 Å². The van der Waals surface area contributed by atoms with E-state index in [1.54, 1.807) is 36.7 Å². The summed E-state index contributed by atoms with van der Waals surface area (Å²) in [5, 5.41) is 8.96. The van der Waals surface area contributed by atoms with Gasteiger partial charge in [0.2, 0.25) is 5.89 Å². The van der Waals surface area contributed by atoms with Crippen LogP contribution < -0.4 is 0 Å². The molecule has 0 aliphatic heterocycles. The van der Waals surface area contributed by atoms with Crippen LogP contribution in [0.4, 0.5) is 0 Å². The van der Waals surface area contributed by atoms with Crippen LogP contribution >= 0.6 is 0 Å². The van der Waals surface area contributed by atoms with E-state index in [4.69, 9.17) is 9.68 Å². The Kier molecular flexibility index (Phi) is 2.06. The zero-order chi connectivity index (χ0) is 11.7. The van der Waals surface area contributed by atoms with Crippen LogP contribution in [-0.2, 0) is 0 Å². The minimum absolute atomic E-state index is 0.291. The first-order valence-electron chi connectivity index (χ1n) is 4.95. The number of nitriles is 1. The molecule has 0 unspecified atom stereocenters. The van der Waals surface area contributed by atoms with Gasteiger partial charge in [-0.1, -0.05) is 0 Å². The van der Waals surface area contributed by atoms with Gasteiger partial charge < -0.3 is 4.42 Å². The number of oxazole rings is 1. The van der Waals surface area contributed by atoms with Crippen molar-refractivity contribution in [1.29, 1.82) is 5.26 Å². The summed E-state index contributed by atoms with van der Waals surface area (Å²) >= 11 is 0. The minimum atomic E-state index is 0.291. The molecule has 3 aromatic rings. The molecule has 0 fully saturated rings. The molecule has 3 rings (SSSR count). The molecule has 5 heteroatoms. The number of hydrogen-bond donors (Lipinski definition) is 0. The van der Waals surface area contributed by atoms with Gasteiger partial charge in [-0.2, -0.15) is 10.2 Å². The number of hydrogen-bond acceptors (Lipinski definition) is 5. The first kappa shape index (κ1) is 9.48. The van der Waals surface area contributed by atoms with Crippen LogP contribution in [0.25, 0.3) is 22.7 Å². The zero-order valence-electron chi connectivity index (χ0n) is 8.66. The number of pyridine rings is 2. The summed E-state index contributed by atoms with van der Waals surface area (Å²) < 4.78 is 5.53. The van der Waals surface area contributed by atoms with Crippen molar-refractivity contribution < 1.29 is 4.42 Å². The van der Waals surface area contributed by atoms with E-state index in [2.05, 4.69) is 15.0 Å². The molecule has 3 heterocycles. The van der Waals surface area contributed by atoms with E-state index in [-0.39, 0.29) is 0 Å². The molecule has 5 nitrogen and oxygen atoms in total. The van der Waals surface area contributed by atoms with Crippen molar-refractivity contribution in [3.05, 3.63) is 42.4 Å². The lowest BCUT2D eigenvalue weighted by Crippen LogP contribution is -1.87. The summed E-state index contributed by atoms with van der Waals surface area (Å²) in [4.78, 5) is 12.3. The monoisotopic (exact) mass is 222 g/mol. The van der Waals surface area contributed by atoms with Crippen LogP contribution in [0.2, 0.25) is 0 Å². The lowest BCUT2D eigenvalue weighted by molar-refractivity contribution is 0.619. The van der Waals surface area contributed by atoms with Gasteiger partial charge in [0.25, 0.3) is 0 Å². The second-order valence-corrected chi connectivity index (χ2v) is 3.36. The third kappa shape index (κ3) is 1.52. The molecule has 0 saturated heterocycles. The predicted molar refractivity (Wildman–Crippen MR) is 59.8 cm³/mol. The van der Waals surface area contributed by atoms with Crippen molar-refractivity contribution in [3.8, 4) is 17.5 Å². The number of fused-ring (bicyclic) bond motifs is 1. The van der Waals surface area contributed by atoms with E-state index in [0.29, 0.717) is 28.4 Å². The number of nitrogens with zero attached hydrogens (tertiary/aromatic N) is 4. The molecule has 3 aromatic heterocycles. The number of rotatable bonds is 1. The van der Waals surface area contributed by atoms with Gasteiger partial charge in [-0.3, -0.25) is 0 Å². The average molecular weight is 222 g/mol. The van der Waals surface area contributed by atoms with Gasteiger partial charge in [-0.15, -0.1) is 0 Å². The maximum atomic E-state index is 8.96. The van der Waals surface area contributed by atoms with Gasteiger partial charge in [0.15, 0.2) is 16.9 Å². The van der Waals surface area contributed by atoms with E-state index in [9.17, 15) is 0 Å². The molecule has 17 heavy (non-hydrogen) atoms. The molecule has 0 spiro atoms. The summed E-state index contributed by atoms with van der Waals surface area (Å²) in [7, 11) is 0. The highest BCUT2D eigenvalue weighted by atomic mass is 16.3. The zero-order valence-corrected chi connectivity index (χ0v) is 8.66. The van der Waals surface area contributed by atoms with Crippen molar-refractivity contribution in [3.63, 3.8) is 0 Å². The second kappa shape index (κ2) is 3.68. The highest BCUT2D eigenvalue weighted by molar-refractivity contribution is 5.73. The van der Waals surface area contributed by atoms with E-state index < -0.39 is 0 Å². The molecule has 0 N–H and O–H groups in total. The summed E-state index contributed by atoms with van der Waals surface area (Å²) in [6, 6.07) is 9.04. The highest BCUT2D eigenvalue weighted by Crippen LogP contribution is 2.24. The number of aromatic nitrogens is 3. The van der Waals surface area contributed by atoms with Crippen molar-refractivity contribution in [2.75, 3.05) is 0 Å². The van der Waals surface area contributed by atoms with Crippen molar-refractivity contribution in [1.82, 2.24) is 15.0 Å². The maximum Gasteiger partial charge on any atom is 0.231 e. The Labute approximate surface area is 96.4 Å². The average Bonchev–Trinajstić information content (AvgIpc) is 2.82. The van der Waals surface area contributed by atoms with Gasteiger partial charge >= 0.3 is 0 Å². The van der Waals surface area contributed by atoms with Crippen LogP contribution in [0.3, 0.4) is 0 Å². The highest BCUT2D eigenvalue weighted by Gasteiger charge is 2.12.